The van der Waals surface area contributed by atoms with Gasteiger partial charge in [-0.25, -0.2) is 0 Å². The molecule has 0 saturated heterocycles. The Bertz CT molecular complexity index is 82.3. The molecule has 44 valence electrons. The zero-order valence-corrected chi connectivity index (χ0v) is 6.95. The Kier molecular flexibility index (Phi) is 4.28. The molecule has 5 nitrogen and oxygen atoms in total. The first-order valence-electron chi connectivity index (χ1n) is 1.03. The molecule has 7 heavy (non-hydrogen) atoms. The summed E-state index contributed by atoms with van der Waals surface area (Å²) in [6.07, 6.45) is 0. The van der Waals surface area contributed by atoms with Crippen LogP contribution in [-0.2, 0) is 44.9 Å². The zero-order chi connectivity index (χ0) is 5.86. The molecule has 7 heteroatoms. The van der Waals surface area contributed by atoms with Crippen molar-refractivity contribution in [2.75, 3.05) is 0 Å². The molecule has 0 spiro atoms. The predicted molar refractivity (Wildman–Crippen MR) is 6.90 cm³/mol. The SMILES string of the molecule is [O]=[Mo]([OH])[O][Mo](=[O])[OH]. The minimum absolute atomic E-state index is 3.59. The van der Waals surface area contributed by atoms with Crippen LogP contribution < -0.4 is 0 Å². The van der Waals surface area contributed by atoms with Crippen LogP contribution in [-0.4, -0.2) is 7.52 Å². The molecular weight excluding hydrogens is 272 g/mol. The number of hydrogen-bond donors (Lipinski definition) is 2. The van der Waals surface area contributed by atoms with E-state index in [2.05, 4.69) is 2.04 Å². The summed E-state index contributed by atoms with van der Waals surface area (Å²) in [5.41, 5.74) is 0. The molecule has 0 aliphatic rings. The quantitative estimate of drug-likeness (QED) is 0.603. The summed E-state index contributed by atoms with van der Waals surface area (Å²) in [7, 11) is 0. The second kappa shape index (κ2) is 3.81. The van der Waals surface area contributed by atoms with Crippen LogP contribution in [0.3, 0.4) is 0 Å². The molecule has 0 fully saturated rings. The van der Waals surface area contributed by atoms with Crippen molar-refractivity contribution in [2.45, 2.75) is 0 Å². The molecule has 0 amide bonds. The fraction of sp³-hybridized carbons (Fsp3) is 0. The molecule has 0 heterocycles. The van der Waals surface area contributed by atoms with E-state index in [4.69, 9.17) is 7.52 Å². The Morgan fingerprint density at radius 2 is 1.43 bits per heavy atom. The van der Waals surface area contributed by atoms with Crippen LogP contribution in [0.5, 0.6) is 0 Å². The predicted octanol–water partition coefficient (Wildman–Crippen LogP) is -1.43. The van der Waals surface area contributed by atoms with Crippen LogP contribution in [0.4, 0.5) is 0 Å². The average molecular weight is 274 g/mol. The molecule has 0 bridgehead atoms. The Morgan fingerprint density at radius 3 is 1.43 bits per heavy atom. The summed E-state index contributed by atoms with van der Waals surface area (Å²) < 4.78 is 38.2. The van der Waals surface area contributed by atoms with Gasteiger partial charge in [-0.3, -0.25) is 0 Å². The van der Waals surface area contributed by atoms with Crippen molar-refractivity contribution >= 4 is 0 Å². The van der Waals surface area contributed by atoms with Gasteiger partial charge in [-0.15, -0.1) is 0 Å². The van der Waals surface area contributed by atoms with E-state index in [-0.39, 0.29) is 0 Å². The van der Waals surface area contributed by atoms with E-state index in [1.165, 1.54) is 0 Å². The summed E-state index contributed by atoms with van der Waals surface area (Å²) in [4.78, 5) is 0. The first kappa shape index (κ1) is 7.86. The fourth-order valence-electron chi connectivity index (χ4n) is 0.0498. The Morgan fingerprint density at radius 1 is 1.14 bits per heavy atom. The standard InChI is InChI=1S/2Mo.2H2O.3O/h;;2*1H2;;;/q2*+1;;;;;/p-2. The van der Waals surface area contributed by atoms with Gasteiger partial charge in [0, 0.05) is 0 Å². The van der Waals surface area contributed by atoms with E-state index >= 15 is 0 Å². The van der Waals surface area contributed by atoms with Crippen LogP contribution in [0.1, 0.15) is 0 Å². The average Bonchev–Trinajstić information content (AvgIpc) is 1.27. The van der Waals surface area contributed by atoms with Gasteiger partial charge in [-0.2, -0.15) is 0 Å². The number of rotatable bonds is 2. The summed E-state index contributed by atoms with van der Waals surface area (Å²) >= 11 is -7.42. The van der Waals surface area contributed by atoms with Gasteiger partial charge in [-0.05, 0) is 0 Å². The molecule has 2 N–H and O–H groups in total. The second-order valence-corrected chi connectivity index (χ2v) is 4.95. The first-order valence-corrected chi connectivity index (χ1v) is 6.10. The van der Waals surface area contributed by atoms with E-state index in [1.807, 2.05) is 0 Å². The van der Waals surface area contributed by atoms with Gasteiger partial charge in [0.1, 0.15) is 0 Å². The maximum absolute atomic E-state index is 9.52. The Balaban J connectivity index is 3.32. The second-order valence-electron chi connectivity index (χ2n) is 0.502. The van der Waals surface area contributed by atoms with Gasteiger partial charge in [-0.1, -0.05) is 0 Å². The van der Waals surface area contributed by atoms with Crippen molar-refractivity contribution in [2.24, 2.45) is 0 Å². The summed E-state index contributed by atoms with van der Waals surface area (Å²) in [5.74, 6) is 0. The summed E-state index contributed by atoms with van der Waals surface area (Å²) in [6, 6.07) is 0. The topological polar surface area (TPSA) is 83.8 Å². The van der Waals surface area contributed by atoms with Gasteiger partial charge in [0.05, 0.1) is 0 Å². The third-order valence-corrected chi connectivity index (χ3v) is 4.07. The van der Waals surface area contributed by atoms with E-state index in [0.29, 0.717) is 0 Å². The molecule has 0 rings (SSSR count). The zero-order valence-electron chi connectivity index (χ0n) is 2.94. The van der Waals surface area contributed by atoms with Gasteiger partial charge < -0.3 is 0 Å². The van der Waals surface area contributed by atoms with Crippen LogP contribution >= 0.6 is 0 Å². The van der Waals surface area contributed by atoms with Crippen LogP contribution in [0.15, 0.2) is 0 Å². The molecule has 0 saturated carbocycles. The van der Waals surface area contributed by atoms with E-state index in [0.717, 1.165) is 0 Å². The first-order chi connectivity index (χ1) is 3.13. The van der Waals surface area contributed by atoms with Crippen molar-refractivity contribution in [1.82, 2.24) is 0 Å². The third-order valence-electron chi connectivity index (χ3n) is 0.116. The minimum atomic E-state index is -3.71. The molecule has 0 aromatic carbocycles. The Hall–Kier alpha value is 0.857. The summed E-state index contributed by atoms with van der Waals surface area (Å²) in [5, 5.41) is 0. The molecule has 0 aliphatic carbocycles. The van der Waals surface area contributed by atoms with Gasteiger partial charge >= 0.3 is 52.4 Å². The molecule has 0 aromatic heterocycles. The van der Waals surface area contributed by atoms with Gasteiger partial charge in [0.25, 0.3) is 0 Å². The third kappa shape index (κ3) is 6.86. The van der Waals surface area contributed by atoms with E-state index in [9.17, 15) is 6.80 Å². The van der Waals surface area contributed by atoms with E-state index < -0.39 is 36.1 Å². The van der Waals surface area contributed by atoms with Crippen molar-refractivity contribution < 1.29 is 52.4 Å². The Labute approximate surface area is 52.5 Å². The normalized spacial score (nSPS) is 10.9. The van der Waals surface area contributed by atoms with Crippen molar-refractivity contribution in [3.8, 4) is 0 Å². The van der Waals surface area contributed by atoms with Gasteiger partial charge in [0.15, 0.2) is 0 Å². The van der Waals surface area contributed by atoms with Crippen LogP contribution in [0, 0.1) is 0 Å². The van der Waals surface area contributed by atoms with Crippen molar-refractivity contribution in [1.29, 1.82) is 0 Å². The molecule has 0 aromatic rings. The van der Waals surface area contributed by atoms with E-state index in [1.54, 1.807) is 0 Å². The molecule has 0 unspecified atom stereocenters. The van der Waals surface area contributed by atoms with Crippen molar-refractivity contribution in [3.63, 3.8) is 0 Å². The molecule has 0 atom stereocenters. The number of hydrogen-bond acceptors (Lipinski definition) is 3. The molecular formula is H2Mo2O5. The van der Waals surface area contributed by atoms with Crippen molar-refractivity contribution in [3.05, 3.63) is 0 Å². The van der Waals surface area contributed by atoms with Crippen LogP contribution in [0.2, 0.25) is 0 Å². The van der Waals surface area contributed by atoms with Crippen LogP contribution in [0.25, 0.3) is 0 Å². The maximum atomic E-state index is 9.52. The summed E-state index contributed by atoms with van der Waals surface area (Å²) in [6.45, 7) is 0. The fourth-order valence-corrected chi connectivity index (χ4v) is 1.74. The molecule has 0 aliphatic heterocycles. The monoisotopic (exact) mass is 278 g/mol. The van der Waals surface area contributed by atoms with Gasteiger partial charge in [0.2, 0.25) is 0 Å². The molecule has 0 radical (unpaired) electrons.